The van der Waals surface area contributed by atoms with Crippen molar-refractivity contribution in [2.45, 2.75) is 44.7 Å². The number of benzene rings is 1. The molecular formula is C16H24N2OS. The van der Waals surface area contributed by atoms with Crippen LogP contribution >= 0.6 is 12.6 Å². The highest BCUT2D eigenvalue weighted by Gasteiger charge is 2.18. The van der Waals surface area contributed by atoms with Crippen LogP contribution in [0, 0.1) is 0 Å². The van der Waals surface area contributed by atoms with Crippen molar-refractivity contribution in [2.24, 2.45) is 0 Å². The van der Waals surface area contributed by atoms with Gasteiger partial charge in [0.05, 0.1) is 5.75 Å². The second kappa shape index (κ2) is 7.70. The number of hydrogen-bond donors (Lipinski definition) is 2. The van der Waals surface area contributed by atoms with E-state index in [0.29, 0.717) is 6.04 Å². The summed E-state index contributed by atoms with van der Waals surface area (Å²) in [5.41, 5.74) is 2.09. The minimum Gasteiger partial charge on any atom is -0.325 e. The quantitative estimate of drug-likeness (QED) is 0.816. The third-order valence-electron chi connectivity index (χ3n) is 4.05. The van der Waals surface area contributed by atoms with Crippen LogP contribution in [0.15, 0.2) is 24.3 Å². The summed E-state index contributed by atoms with van der Waals surface area (Å²) in [5.74, 6) is 0.161. The largest absolute Gasteiger partial charge is 0.325 e. The maximum Gasteiger partial charge on any atom is 0.234 e. The molecule has 0 bridgehead atoms. The van der Waals surface area contributed by atoms with E-state index in [1.165, 1.54) is 37.7 Å². The number of carbonyl (C=O) groups excluding carboxylic acids is 1. The van der Waals surface area contributed by atoms with Gasteiger partial charge in [-0.1, -0.05) is 37.5 Å². The first-order valence-corrected chi connectivity index (χ1v) is 8.03. The van der Waals surface area contributed by atoms with Crippen molar-refractivity contribution in [2.75, 3.05) is 18.1 Å². The molecule has 0 atom stereocenters. The molecule has 20 heavy (non-hydrogen) atoms. The zero-order valence-electron chi connectivity index (χ0n) is 12.1. The van der Waals surface area contributed by atoms with Gasteiger partial charge in [-0.05, 0) is 31.5 Å². The van der Waals surface area contributed by atoms with Gasteiger partial charge in [-0.25, -0.2) is 0 Å². The third-order valence-corrected chi connectivity index (χ3v) is 4.34. The van der Waals surface area contributed by atoms with E-state index in [9.17, 15) is 4.79 Å². The minimum atomic E-state index is -0.0545. The number of nitrogens with zero attached hydrogens (tertiary/aromatic N) is 1. The summed E-state index contributed by atoms with van der Waals surface area (Å²) in [6, 6.07) is 8.72. The zero-order chi connectivity index (χ0) is 14.4. The molecule has 0 spiro atoms. The molecule has 0 unspecified atom stereocenters. The molecule has 1 aromatic carbocycles. The summed E-state index contributed by atoms with van der Waals surface area (Å²) in [4.78, 5) is 13.9. The van der Waals surface area contributed by atoms with Crippen molar-refractivity contribution in [3.63, 3.8) is 0 Å². The van der Waals surface area contributed by atoms with Gasteiger partial charge in [0.1, 0.15) is 0 Å². The molecular weight excluding hydrogens is 268 g/mol. The summed E-state index contributed by atoms with van der Waals surface area (Å²) in [6.07, 6.45) is 6.64. The fourth-order valence-corrected chi connectivity index (χ4v) is 2.97. The minimum absolute atomic E-state index is 0.0545. The van der Waals surface area contributed by atoms with Crippen LogP contribution in [0.1, 0.15) is 37.7 Å². The molecule has 110 valence electrons. The third kappa shape index (κ3) is 4.25. The predicted octanol–water partition coefficient (Wildman–Crippen LogP) is 3.32. The molecule has 1 aliphatic rings. The van der Waals surface area contributed by atoms with E-state index in [4.69, 9.17) is 0 Å². The summed E-state index contributed by atoms with van der Waals surface area (Å²) < 4.78 is 0. The highest BCUT2D eigenvalue weighted by Crippen LogP contribution is 2.24. The summed E-state index contributed by atoms with van der Waals surface area (Å²) in [7, 11) is 2.19. The van der Waals surface area contributed by atoms with Crippen molar-refractivity contribution in [1.82, 2.24) is 4.90 Å². The summed E-state index contributed by atoms with van der Waals surface area (Å²) >= 11 is 4.01. The number of anilines is 1. The number of rotatable bonds is 5. The lowest BCUT2D eigenvalue weighted by molar-refractivity contribution is -0.113. The van der Waals surface area contributed by atoms with Gasteiger partial charge in [0, 0.05) is 18.3 Å². The molecule has 1 aromatic rings. The first-order valence-electron chi connectivity index (χ1n) is 7.39. The van der Waals surface area contributed by atoms with E-state index in [-0.39, 0.29) is 11.7 Å². The molecule has 0 heterocycles. The topological polar surface area (TPSA) is 32.3 Å². The molecule has 0 aromatic heterocycles. The molecule has 1 aliphatic carbocycles. The Kier molecular flexibility index (Phi) is 5.92. The predicted molar refractivity (Wildman–Crippen MR) is 87.3 cm³/mol. The second-order valence-corrected chi connectivity index (χ2v) is 5.89. The van der Waals surface area contributed by atoms with Crippen molar-refractivity contribution >= 4 is 24.2 Å². The Morgan fingerprint density at radius 1 is 1.30 bits per heavy atom. The van der Waals surface area contributed by atoms with E-state index >= 15 is 0 Å². The molecule has 1 amide bonds. The van der Waals surface area contributed by atoms with Gasteiger partial charge in [0.25, 0.3) is 0 Å². The molecule has 0 saturated heterocycles. The van der Waals surface area contributed by atoms with Crippen LogP contribution in [0.5, 0.6) is 0 Å². The van der Waals surface area contributed by atoms with Crippen LogP contribution < -0.4 is 5.32 Å². The van der Waals surface area contributed by atoms with E-state index < -0.39 is 0 Å². The number of nitrogens with one attached hydrogen (secondary N) is 1. The van der Waals surface area contributed by atoms with E-state index in [0.717, 1.165) is 12.2 Å². The van der Waals surface area contributed by atoms with Crippen LogP contribution in [0.4, 0.5) is 5.69 Å². The van der Waals surface area contributed by atoms with E-state index in [1.807, 2.05) is 18.2 Å². The van der Waals surface area contributed by atoms with Gasteiger partial charge in [-0.3, -0.25) is 9.69 Å². The van der Waals surface area contributed by atoms with Crippen molar-refractivity contribution in [1.29, 1.82) is 0 Å². The normalized spacial score (nSPS) is 16.4. The molecule has 0 radical (unpaired) electrons. The number of carbonyl (C=O) groups is 1. The maximum atomic E-state index is 11.5. The lowest BCUT2D eigenvalue weighted by Gasteiger charge is -2.31. The van der Waals surface area contributed by atoms with Crippen LogP contribution in [-0.2, 0) is 11.3 Å². The summed E-state index contributed by atoms with van der Waals surface area (Å²) in [6.45, 7) is 0.883. The van der Waals surface area contributed by atoms with Crippen LogP contribution in [0.25, 0.3) is 0 Å². The monoisotopic (exact) mass is 292 g/mol. The van der Waals surface area contributed by atoms with Crippen molar-refractivity contribution in [3.8, 4) is 0 Å². The molecule has 1 N–H and O–H groups in total. The molecule has 4 heteroatoms. The SMILES string of the molecule is CN(Cc1ccccc1NC(=O)CS)C1CCCCC1. The average Bonchev–Trinajstić information content (AvgIpc) is 2.50. The first kappa shape index (κ1) is 15.4. The number of hydrogen-bond acceptors (Lipinski definition) is 3. The Bertz CT molecular complexity index is 444. The Morgan fingerprint density at radius 2 is 2.00 bits per heavy atom. The summed E-state index contributed by atoms with van der Waals surface area (Å²) in [5, 5.41) is 2.93. The molecule has 1 saturated carbocycles. The highest BCUT2D eigenvalue weighted by molar-refractivity contribution is 7.81. The molecule has 3 nitrogen and oxygen atoms in total. The Morgan fingerprint density at radius 3 is 2.70 bits per heavy atom. The lowest BCUT2D eigenvalue weighted by atomic mass is 9.94. The van der Waals surface area contributed by atoms with E-state index in [2.05, 4.69) is 36.0 Å². The van der Waals surface area contributed by atoms with Crippen LogP contribution in [-0.4, -0.2) is 29.6 Å². The number of amides is 1. The van der Waals surface area contributed by atoms with Crippen LogP contribution in [0.2, 0.25) is 0 Å². The smallest absolute Gasteiger partial charge is 0.234 e. The standard InChI is InChI=1S/C16H24N2OS/c1-18(14-8-3-2-4-9-14)11-13-7-5-6-10-15(13)17-16(19)12-20/h5-7,10,14,20H,2-4,8-9,11-12H2,1H3,(H,17,19). The number of thiol groups is 1. The fourth-order valence-electron chi connectivity index (χ4n) is 2.89. The fraction of sp³-hybridized carbons (Fsp3) is 0.562. The van der Waals surface area contributed by atoms with Gasteiger partial charge in [0.15, 0.2) is 0 Å². The molecule has 2 rings (SSSR count). The van der Waals surface area contributed by atoms with Gasteiger partial charge in [-0.15, -0.1) is 0 Å². The number of para-hydroxylation sites is 1. The van der Waals surface area contributed by atoms with Gasteiger partial charge >= 0.3 is 0 Å². The Labute approximate surface area is 127 Å². The maximum absolute atomic E-state index is 11.5. The lowest BCUT2D eigenvalue weighted by Crippen LogP contribution is -2.33. The van der Waals surface area contributed by atoms with Crippen molar-refractivity contribution < 1.29 is 4.79 Å². The molecule has 1 fully saturated rings. The van der Waals surface area contributed by atoms with Gasteiger partial charge in [0.2, 0.25) is 5.91 Å². The van der Waals surface area contributed by atoms with Crippen LogP contribution in [0.3, 0.4) is 0 Å². The Hall–Kier alpha value is -1.000. The first-order chi connectivity index (χ1) is 9.70. The van der Waals surface area contributed by atoms with E-state index in [1.54, 1.807) is 0 Å². The average molecular weight is 292 g/mol. The molecule has 0 aliphatic heterocycles. The van der Waals surface area contributed by atoms with Gasteiger partial charge < -0.3 is 5.32 Å². The van der Waals surface area contributed by atoms with Crippen molar-refractivity contribution in [3.05, 3.63) is 29.8 Å². The zero-order valence-corrected chi connectivity index (χ0v) is 13.0. The van der Waals surface area contributed by atoms with Gasteiger partial charge in [-0.2, -0.15) is 12.6 Å². The highest BCUT2D eigenvalue weighted by atomic mass is 32.1. The second-order valence-electron chi connectivity index (χ2n) is 5.57. The Balaban J connectivity index is 2.02.